The Bertz CT molecular complexity index is 1880. The van der Waals surface area contributed by atoms with Gasteiger partial charge in [-0.2, -0.15) is 0 Å². The van der Waals surface area contributed by atoms with Crippen LogP contribution >= 0.6 is 11.8 Å². The maximum atomic E-state index is 14.2. The Morgan fingerprint density at radius 2 is 1.54 bits per heavy atom. The number of ketones is 1. The van der Waals surface area contributed by atoms with E-state index in [1.807, 2.05) is 35.9 Å². The number of hydrogen-bond acceptors (Lipinski definition) is 8. The van der Waals surface area contributed by atoms with E-state index in [0.29, 0.717) is 39.8 Å². The number of amides is 1. The molecule has 0 fully saturated rings. The predicted molar refractivity (Wildman–Crippen MR) is 201 cm³/mol. The average Bonchev–Trinajstić information content (AvgIpc) is 3.39. The number of aromatic nitrogens is 1. The summed E-state index contributed by atoms with van der Waals surface area (Å²) in [7, 11) is 6.30. The number of hydrogen-bond donors (Lipinski definition) is 1. The Morgan fingerprint density at radius 3 is 2.18 bits per heavy atom. The molecular formula is C40H50N2O7S. The number of fused-ring (bicyclic) bond motifs is 1. The number of aryl methyl sites for hydroxylation is 1. The summed E-state index contributed by atoms with van der Waals surface area (Å²) in [6.07, 6.45) is 1.91. The van der Waals surface area contributed by atoms with Crippen LogP contribution in [0.1, 0.15) is 91.9 Å². The third-order valence-electron chi connectivity index (χ3n) is 9.79. The smallest absolute Gasteiger partial charge is 0.337 e. The van der Waals surface area contributed by atoms with Crippen LogP contribution in [0.4, 0.5) is 5.69 Å². The van der Waals surface area contributed by atoms with E-state index in [2.05, 4.69) is 59.0 Å². The quantitative estimate of drug-likeness (QED) is 0.0916. The third kappa shape index (κ3) is 8.29. The Kier molecular flexibility index (Phi) is 12.3. The lowest BCUT2D eigenvalue weighted by Crippen LogP contribution is -2.22. The fourth-order valence-corrected chi connectivity index (χ4v) is 6.67. The molecular weight excluding hydrogens is 653 g/mol. The number of esters is 1. The van der Waals surface area contributed by atoms with Crippen LogP contribution in [0.15, 0.2) is 54.6 Å². The largest absolute Gasteiger partial charge is 0.497 e. The van der Waals surface area contributed by atoms with Gasteiger partial charge in [0.25, 0.3) is 0 Å². The van der Waals surface area contributed by atoms with Crippen molar-refractivity contribution >= 4 is 46.0 Å². The minimum atomic E-state index is -0.520. The number of rotatable bonds is 16. The molecule has 0 bridgehead atoms. The first-order valence-electron chi connectivity index (χ1n) is 16.8. The van der Waals surface area contributed by atoms with Gasteiger partial charge in [-0.15, -0.1) is 11.8 Å². The molecule has 9 nitrogen and oxygen atoms in total. The highest BCUT2D eigenvalue weighted by Gasteiger charge is 2.28. The van der Waals surface area contributed by atoms with Crippen molar-refractivity contribution in [3.05, 3.63) is 82.5 Å². The Labute approximate surface area is 300 Å². The number of ether oxygens (including phenoxy) is 4. The number of benzene rings is 3. The van der Waals surface area contributed by atoms with Crippen LogP contribution in [0, 0.1) is 0 Å². The van der Waals surface area contributed by atoms with E-state index in [1.54, 1.807) is 19.2 Å². The number of carbonyl (C=O) groups is 3. The molecule has 3 aromatic carbocycles. The van der Waals surface area contributed by atoms with Gasteiger partial charge in [0.2, 0.25) is 11.7 Å². The molecule has 0 saturated heterocycles. The standard InChI is InChI=1S/C40H50N2O7S/c1-11-39(3,4)26-14-18-34(29(20-26)40(5,6)12-2)49-22-33(43)37-28-21-27(46-8)15-16-31(28)42(7)32(37)23-50-24-36(44)41-30-19-25(38(45)48-10)13-17-35(30)47-9/h13-21H,11-12,22-24H2,1-10H3,(H,41,44). The molecule has 0 spiro atoms. The second-order valence-electron chi connectivity index (χ2n) is 13.6. The second-order valence-corrected chi connectivity index (χ2v) is 14.6. The minimum absolute atomic E-state index is 0.0115. The zero-order valence-electron chi connectivity index (χ0n) is 30.9. The molecule has 1 amide bonds. The Balaban J connectivity index is 1.60. The first-order chi connectivity index (χ1) is 23.7. The molecule has 50 heavy (non-hydrogen) atoms. The summed E-state index contributed by atoms with van der Waals surface area (Å²) >= 11 is 1.37. The van der Waals surface area contributed by atoms with Crippen LogP contribution < -0.4 is 19.5 Å². The number of methoxy groups -OCH3 is 3. The molecule has 0 aliphatic rings. The van der Waals surface area contributed by atoms with Crippen molar-refractivity contribution in [3.8, 4) is 17.2 Å². The molecule has 10 heteroatoms. The van der Waals surface area contributed by atoms with E-state index in [1.165, 1.54) is 37.6 Å². The van der Waals surface area contributed by atoms with Crippen LogP contribution in [-0.2, 0) is 33.2 Å². The lowest BCUT2D eigenvalue weighted by atomic mass is 9.76. The monoisotopic (exact) mass is 702 g/mol. The van der Waals surface area contributed by atoms with Crippen LogP contribution in [0.25, 0.3) is 10.9 Å². The van der Waals surface area contributed by atoms with Gasteiger partial charge in [0.1, 0.15) is 17.2 Å². The fraction of sp³-hybridized carbons (Fsp3) is 0.425. The van der Waals surface area contributed by atoms with Crippen LogP contribution in [0.3, 0.4) is 0 Å². The molecule has 0 aliphatic carbocycles. The molecule has 0 unspecified atom stereocenters. The summed E-state index contributed by atoms with van der Waals surface area (Å²) in [6, 6.07) is 16.7. The van der Waals surface area contributed by atoms with Gasteiger partial charge in [0.05, 0.1) is 43.9 Å². The number of nitrogens with one attached hydrogen (secondary N) is 1. The Morgan fingerprint density at radius 1 is 0.840 bits per heavy atom. The van der Waals surface area contributed by atoms with Crippen LogP contribution in [-0.4, -0.2) is 55.9 Å². The molecule has 0 saturated carbocycles. The lowest BCUT2D eigenvalue weighted by molar-refractivity contribution is -0.113. The molecule has 1 N–H and O–H groups in total. The highest BCUT2D eigenvalue weighted by atomic mass is 32.2. The van der Waals surface area contributed by atoms with Gasteiger partial charge in [-0.25, -0.2) is 4.79 Å². The molecule has 4 rings (SSSR count). The van der Waals surface area contributed by atoms with Gasteiger partial charge in [0.15, 0.2) is 6.61 Å². The van der Waals surface area contributed by atoms with Crippen molar-refractivity contribution in [3.63, 3.8) is 0 Å². The van der Waals surface area contributed by atoms with E-state index >= 15 is 0 Å². The molecule has 1 aromatic heterocycles. The second kappa shape index (κ2) is 16.1. The maximum Gasteiger partial charge on any atom is 0.337 e. The molecule has 0 aliphatic heterocycles. The van der Waals surface area contributed by atoms with Gasteiger partial charge >= 0.3 is 5.97 Å². The first kappa shape index (κ1) is 38.4. The molecule has 0 atom stereocenters. The van der Waals surface area contributed by atoms with Gasteiger partial charge < -0.3 is 28.8 Å². The molecule has 0 radical (unpaired) electrons. The summed E-state index contributed by atoms with van der Waals surface area (Å²) < 4.78 is 24.1. The van der Waals surface area contributed by atoms with E-state index < -0.39 is 5.97 Å². The van der Waals surface area contributed by atoms with Crippen molar-refractivity contribution in [2.24, 2.45) is 7.05 Å². The van der Waals surface area contributed by atoms with Crippen molar-refractivity contribution in [1.29, 1.82) is 0 Å². The van der Waals surface area contributed by atoms with Gasteiger partial charge in [-0.1, -0.05) is 53.7 Å². The highest BCUT2D eigenvalue weighted by Crippen LogP contribution is 2.39. The van der Waals surface area contributed by atoms with Crippen molar-refractivity contribution in [2.45, 2.75) is 71.0 Å². The predicted octanol–water partition coefficient (Wildman–Crippen LogP) is 8.49. The summed E-state index contributed by atoms with van der Waals surface area (Å²) in [6.45, 7) is 13.1. The van der Waals surface area contributed by atoms with Crippen molar-refractivity contribution in [1.82, 2.24) is 4.57 Å². The average molecular weight is 703 g/mol. The third-order valence-corrected chi connectivity index (χ3v) is 10.7. The molecule has 4 aromatic rings. The van der Waals surface area contributed by atoms with E-state index in [-0.39, 0.29) is 34.9 Å². The Hall–Kier alpha value is -4.44. The summed E-state index contributed by atoms with van der Waals surface area (Å²) in [4.78, 5) is 39.3. The van der Waals surface area contributed by atoms with Gasteiger partial charge in [0, 0.05) is 35.0 Å². The zero-order chi connectivity index (χ0) is 36.8. The van der Waals surface area contributed by atoms with Crippen LogP contribution in [0.5, 0.6) is 17.2 Å². The van der Waals surface area contributed by atoms with Crippen molar-refractivity contribution in [2.75, 3.05) is 39.0 Å². The normalized spacial score (nSPS) is 11.7. The molecule has 1 heterocycles. The van der Waals surface area contributed by atoms with Gasteiger partial charge in [-0.3, -0.25) is 9.59 Å². The topological polar surface area (TPSA) is 105 Å². The number of Topliss-reactive ketones (excluding diaryl/α,β-unsaturated/α-hetero) is 1. The minimum Gasteiger partial charge on any atom is -0.497 e. The maximum absolute atomic E-state index is 14.2. The summed E-state index contributed by atoms with van der Waals surface area (Å²) in [5.74, 6) is 1.28. The first-order valence-corrected chi connectivity index (χ1v) is 18.0. The summed E-state index contributed by atoms with van der Waals surface area (Å²) in [5.41, 5.74) is 5.03. The number of carbonyl (C=O) groups excluding carboxylic acids is 3. The fourth-order valence-electron chi connectivity index (χ4n) is 5.78. The zero-order valence-corrected chi connectivity index (χ0v) is 31.8. The van der Waals surface area contributed by atoms with Crippen molar-refractivity contribution < 1.29 is 33.3 Å². The van der Waals surface area contributed by atoms with Crippen LogP contribution in [0.2, 0.25) is 0 Å². The highest BCUT2D eigenvalue weighted by molar-refractivity contribution is 7.99. The van der Waals surface area contributed by atoms with E-state index in [0.717, 1.165) is 35.0 Å². The van der Waals surface area contributed by atoms with E-state index in [9.17, 15) is 14.4 Å². The lowest BCUT2D eigenvalue weighted by Gasteiger charge is -2.30. The SMILES string of the molecule is CCC(C)(C)c1ccc(OCC(=O)c2c(CSCC(=O)Nc3cc(C(=O)OC)ccc3OC)n(C)c3ccc(OC)cc23)c(C(C)(C)CC)c1. The number of nitrogens with zero attached hydrogens (tertiary/aromatic N) is 1. The number of anilines is 1. The number of thioether (sulfide) groups is 1. The summed E-state index contributed by atoms with van der Waals surface area (Å²) in [5, 5.41) is 3.60. The van der Waals surface area contributed by atoms with Gasteiger partial charge in [-0.05, 0) is 71.7 Å². The molecule has 268 valence electrons. The van der Waals surface area contributed by atoms with E-state index in [4.69, 9.17) is 18.9 Å².